The minimum atomic E-state index is -0.516. The van der Waals surface area contributed by atoms with E-state index >= 15 is 0 Å². The lowest BCUT2D eigenvalue weighted by Gasteiger charge is -2.12. The van der Waals surface area contributed by atoms with Gasteiger partial charge in [-0.1, -0.05) is 0 Å². The van der Waals surface area contributed by atoms with Gasteiger partial charge in [-0.2, -0.15) is 14.9 Å². The van der Waals surface area contributed by atoms with Crippen molar-refractivity contribution < 1.29 is 9.18 Å². The molecule has 9 nitrogen and oxygen atoms in total. The van der Waals surface area contributed by atoms with E-state index in [2.05, 4.69) is 20.4 Å². The largest absolute Gasteiger partial charge is 0.309 e. The van der Waals surface area contributed by atoms with Crippen LogP contribution in [0.2, 0.25) is 0 Å². The number of carbonyl (C=O) groups excluding carboxylic acids is 1. The van der Waals surface area contributed by atoms with Crippen LogP contribution < -0.4 is 10.9 Å². The van der Waals surface area contributed by atoms with Crippen molar-refractivity contribution >= 4 is 28.4 Å². The van der Waals surface area contributed by atoms with Crippen molar-refractivity contribution in [3.05, 3.63) is 64.1 Å². The summed E-state index contributed by atoms with van der Waals surface area (Å²) in [6.07, 6.45) is 4.63. The van der Waals surface area contributed by atoms with Crippen molar-refractivity contribution in [2.45, 2.75) is 25.3 Å². The Morgan fingerprint density at radius 2 is 2.10 bits per heavy atom. The zero-order valence-corrected chi connectivity index (χ0v) is 15.5. The summed E-state index contributed by atoms with van der Waals surface area (Å²) in [5, 5.41) is 16.4. The number of hydrogen-bond acceptors (Lipinski definition) is 6. The quantitative estimate of drug-likeness (QED) is 0.557. The first kappa shape index (κ1) is 17.9. The van der Waals surface area contributed by atoms with Gasteiger partial charge in [-0.3, -0.25) is 14.2 Å². The van der Waals surface area contributed by atoms with Crippen molar-refractivity contribution in [2.24, 2.45) is 0 Å². The van der Waals surface area contributed by atoms with Crippen LogP contribution in [0.4, 0.5) is 10.2 Å². The second-order valence-electron chi connectivity index (χ2n) is 7.09. The predicted molar refractivity (Wildman–Crippen MR) is 104 cm³/mol. The molecule has 1 fully saturated rings. The molecule has 0 bridgehead atoms. The van der Waals surface area contributed by atoms with Gasteiger partial charge in [0.15, 0.2) is 5.65 Å². The van der Waals surface area contributed by atoms with Gasteiger partial charge in [0.25, 0.3) is 5.56 Å². The molecule has 4 heterocycles. The second kappa shape index (κ2) is 6.73. The average molecular weight is 403 g/mol. The number of nitrogens with one attached hydrogen (secondary N) is 1. The molecule has 148 valence electrons. The fraction of sp³-hybridized carbons (Fsp3) is 0.200. The number of nitriles is 1. The Kier molecular flexibility index (Phi) is 4.03. The van der Waals surface area contributed by atoms with Crippen LogP contribution in [0.1, 0.15) is 30.0 Å². The van der Waals surface area contributed by atoms with Gasteiger partial charge in [0.1, 0.15) is 35.6 Å². The normalized spacial score (nSPS) is 13.5. The van der Waals surface area contributed by atoms with Crippen molar-refractivity contribution in [3.63, 3.8) is 0 Å². The second-order valence-corrected chi connectivity index (χ2v) is 7.09. The van der Waals surface area contributed by atoms with Gasteiger partial charge in [0.2, 0.25) is 5.91 Å². The third-order valence-corrected chi connectivity index (χ3v) is 5.01. The van der Waals surface area contributed by atoms with Crippen LogP contribution in [-0.4, -0.2) is 30.1 Å². The molecule has 1 aliphatic carbocycles. The summed E-state index contributed by atoms with van der Waals surface area (Å²) in [4.78, 5) is 33.9. The Labute approximate surface area is 168 Å². The maximum absolute atomic E-state index is 13.2. The number of fused-ring (bicyclic) bond motifs is 3. The average Bonchev–Trinajstić information content (AvgIpc) is 3.50. The summed E-state index contributed by atoms with van der Waals surface area (Å²) < 4.78 is 15.9. The standard InChI is InChI=1S/C20H14FN7O2/c21-12-3-6-16(23-8-12)26-17(29)10-27-19-15(11-1-2-11)9-24-28(19)18-14(20(27)30)5-4-13(7-22)25-18/h3-6,8-9,11H,1-2,10H2,(H,23,26,29). The molecule has 4 aromatic heterocycles. The molecule has 5 rings (SSSR count). The molecule has 0 radical (unpaired) electrons. The monoisotopic (exact) mass is 403 g/mol. The Morgan fingerprint density at radius 3 is 2.80 bits per heavy atom. The highest BCUT2D eigenvalue weighted by Gasteiger charge is 2.30. The lowest BCUT2D eigenvalue weighted by Crippen LogP contribution is -2.30. The number of halogens is 1. The van der Waals surface area contributed by atoms with E-state index in [9.17, 15) is 14.0 Å². The first-order valence-electron chi connectivity index (χ1n) is 9.28. The summed E-state index contributed by atoms with van der Waals surface area (Å²) in [6, 6.07) is 7.45. The molecule has 0 spiro atoms. The topological polar surface area (TPSA) is 118 Å². The number of anilines is 1. The Morgan fingerprint density at radius 1 is 1.27 bits per heavy atom. The zero-order valence-electron chi connectivity index (χ0n) is 15.5. The third kappa shape index (κ3) is 2.97. The number of hydrogen-bond donors (Lipinski definition) is 1. The number of nitrogens with zero attached hydrogens (tertiary/aromatic N) is 6. The van der Waals surface area contributed by atoms with E-state index in [0.717, 1.165) is 24.6 Å². The lowest BCUT2D eigenvalue weighted by molar-refractivity contribution is -0.116. The molecule has 10 heteroatoms. The summed E-state index contributed by atoms with van der Waals surface area (Å²) in [6.45, 7) is -0.275. The molecule has 0 unspecified atom stereocenters. The molecule has 1 amide bonds. The molecule has 0 saturated heterocycles. The smallest absolute Gasteiger partial charge is 0.263 e. The van der Waals surface area contributed by atoms with E-state index in [1.54, 1.807) is 6.20 Å². The summed E-state index contributed by atoms with van der Waals surface area (Å²) >= 11 is 0. The highest BCUT2D eigenvalue weighted by Crippen LogP contribution is 2.42. The van der Waals surface area contributed by atoms with Crippen LogP contribution in [0.3, 0.4) is 0 Å². The van der Waals surface area contributed by atoms with Gasteiger partial charge in [-0.05, 0) is 43.0 Å². The number of pyridine rings is 2. The van der Waals surface area contributed by atoms with E-state index in [4.69, 9.17) is 5.26 Å². The number of amides is 1. The Hall–Kier alpha value is -4.13. The number of carbonyl (C=O) groups is 1. The maximum Gasteiger partial charge on any atom is 0.263 e. The van der Waals surface area contributed by atoms with E-state index in [-0.39, 0.29) is 35.0 Å². The van der Waals surface area contributed by atoms with Crippen LogP contribution in [0.5, 0.6) is 0 Å². The van der Waals surface area contributed by atoms with E-state index in [1.807, 2.05) is 6.07 Å². The van der Waals surface area contributed by atoms with Crippen LogP contribution in [0.25, 0.3) is 16.7 Å². The van der Waals surface area contributed by atoms with Gasteiger partial charge in [-0.15, -0.1) is 0 Å². The minimum Gasteiger partial charge on any atom is -0.309 e. The molecular formula is C20H14FN7O2. The predicted octanol–water partition coefficient (Wildman–Crippen LogP) is 1.97. The molecular weight excluding hydrogens is 389 g/mol. The van der Waals surface area contributed by atoms with Crippen molar-refractivity contribution in [1.29, 1.82) is 5.26 Å². The Bertz CT molecular complexity index is 1410. The number of rotatable bonds is 4. The minimum absolute atomic E-state index is 0.171. The van der Waals surface area contributed by atoms with Crippen LogP contribution in [0.15, 0.2) is 41.5 Å². The van der Waals surface area contributed by atoms with E-state index < -0.39 is 17.3 Å². The SMILES string of the molecule is N#Cc1ccc2c(=O)n(CC(=O)Nc3ccc(F)cn3)c3c(C4CC4)cnn3c2n1. The molecule has 0 aromatic carbocycles. The van der Waals surface area contributed by atoms with Crippen LogP contribution in [0, 0.1) is 17.1 Å². The van der Waals surface area contributed by atoms with Gasteiger partial charge in [0.05, 0.1) is 17.8 Å². The highest BCUT2D eigenvalue weighted by molar-refractivity contribution is 5.90. The molecule has 1 aliphatic rings. The number of aromatic nitrogens is 5. The first-order chi connectivity index (χ1) is 14.5. The molecule has 30 heavy (non-hydrogen) atoms. The third-order valence-electron chi connectivity index (χ3n) is 5.01. The first-order valence-corrected chi connectivity index (χ1v) is 9.28. The summed E-state index contributed by atoms with van der Waals surface area (Å²) in [5.74, 6) is -0.547. The van der Waals surface area contributed by atoms with E-state index in [0.29, 0.717) is 5.65 Å². The van der Waals surface area contributed by atoms with Gasteiger partial charge < -0.3 is 5.32 Å². The summed E-state index contributed by atoms with van der Waals surface area (Å²) in [7, 11) is 0. The Balaban J connectivity index is 1.64. The summed E-state index contributed by atoms with van der Waals surface area (Å²) in [5.41, 5.74) is 1.40. The van der Waals surface area contributed by atoms with Crippen molar-refractivity contribution in [3.8, 4) is 6.07 Å². The zero-order chi connectivity index (χ0) is 20.8. The highest BCUT2D eigenvalue weighted by atomic mass is 19.1. The van der Waals surface area contributed by atoms with Gasteiger partial charge in [0, 0.05) is 5.56 Å². The van der Waals surface area contributed by atoms with Crippen molar-refractivity contribution in [2.75, 3.05) is 5.32 Å². The maximum atomic E-state index is 13.2. The fourth-order valence-electron chi connectivity index (χ4n) is 3.47. The van der Waals surface area contributed by atoms with Gasteiger partial charge in [-0.25, -0.2) is 14.4 Å². The molecule has 1 N–H and O–H groups in total. The van der Waals surface area contributed by atoms with Gasteiger partial charge >= 0.3 is 0 Å². The molecule has 0 atom stereocenters. The van der Waals surface area contributed by atoms with Crippen LogP contribution >= 0.6 is 0 Å². The van der Waals surface area contributed by atoms with E-state index in [1.165, 1.54) is 33.3 Å². The molecule has 1 saturated carbocycles. The molecule has 0 aliphatic heterocycles. The lowest BCUT2D eigenvalue weighted by atomic mass is 10.2. The molecule has 4 aromatic rings. The van der Waals surface area contributed by atoms with Crippen LogP contribution in [-0.2, 0) is 11.3 Å². The van der Waals surface area contributed by atoms with Crippen molar-refractivity contribution in [1.82, 2.24) is 24.1 Å². The fourth-order valence-corrected chi connectivity index (χ4v) is 3.47.